The molecule has 1 unspecified atom stereocenters. The quantitative estimate of drug-likeness (QED) is 0.842. The van der Waals surface area contributed by atoms with E-state index in [9.17, 15) is 13.2 Å². The Balaban J connectivity index is 1.73. The summed E-state index contributed by atoms with van der Waals surface area (Å²) in [5, 5.41) is 9.07. The molecule has 1 aliphatic heterocycles. The van der Waals surface area contributed by atoms with E-state index >= 15 is 0 Å². The topological polar surface area (TPSA) is 84.3 Å². The Bertz CT molecular complexity index is 872. The van der Waals surface area contributed by atoms with Gasteiger partial charge in [-0.25, -0.2) is 13.1 Å². The van der Waals surface area contributed by atoms with Gasteiger partial charge in [0.05, 0.1) is 11.6 Å². The molecule has 3 rings (SSSR count). The van der Waals surface area contributed by atoms with Crippen LogP contribution in [0.25, 0.3) is 0 Å². The summed E-state index contributed by atoms with van der Waals surface area (Å²) in [5.41, 5.74) is 0.833. The molecule has 0 saturated carbocycles. The Morgan fingerprint density at radius 1 is 1.42 bits per heavy atom. The zero-order valence-corrected chi connectivity index (χ0v) is 16.8. The van der Waals surface area contributed by atoms with Gasteiger partial charge in [0.1, 0.15) is 10.0 Å². The molecule has 0 bridgehead atoms. The van der Waals surface area contributed by atoms with Gasteiger partial charge in [0.15, 0.2) is 0 Å². The number of carbonyl (C=O) groups is 1. The number of nitrogens with one attached hydrogen (secondary N) is 1. The number of hydrogen-bond donors (Lipinski definition) is 1. The maximum Gasteiger partial charge on any atom is 0.252 e. The summed E-state index contributed by atoms with van der Waals surface area (Å²) in [5.74, 6) is 0.132. The predicted octanol–water partition coefficient (Wildman–Crippen LogP) is 2.87. The highest BCUT2D eigenvalue weighted by Crippen LogP contribution is 2.27. The number of nitrogens with zero attached hydrogens (tertiary/aromatic N) is 3. The Morgan fingerprint density at radius 2 is 2.19 bits per heavy atom. The molecular formula is C17H24N4O3S2. The van der Waals surface area contributed by atoms with Gasteiger partial charge in [0.2, 0.25) is 5.91 Å². The maximum atomic E-state index is 12.7. The summed E-state index contributed by atoms with van der Waals surface area (Å²) in [6, 6.07) is 5.29. The molecule has 1 fully saturated rings. The lowest BCUT2D eigenvalue weighted by Gasteiger charge is -2.30. The van der Waals surface area contributed by atoms with E-state index in [0.29, 0.717) is 29.4 Å². The van der Waals surface area contributed by atoms with Crippen LogP contribution < -0.4 is 5.32 Å². The molecule has 1 aliphatic rings. The van der Waals surface area contributed by atoms with Gasteiger partial charge in [-0.1, -0.05) is 6.07 Å². The Morgan fingerprint density at radius 3 is 2.85 bits per heavy atom. The summed E-state index contributed by atoms with van der Waals surface area (Å²) in [7, 11) is -3.52. The van der Waals surface area contributed by atoms with Crippen molar-refractivity contribution in [3.8, 4) is 0 Å². The summed E-state index contributed by atoms with van der Waals surface area (Å²) in [6.07, 6.45) is 1.35. The third kappa shape index (κ3) is 3.84. The van der Waals surface area contributed by atoms with Crippen LogP contribution in [0.15, 0.2) is 27.8 Å². The monoisotopic (exact) mass is 396 g/mol. The molecule has 0 aliphatic carbocycles. The van der Waals surface area contributed by atoms with Gasteiger partial charge in [0.25, 0.3) is 10.0 Å². The highest BCUT2D eigenvalue weighted by Gasteiger charge is 2.34. The van der Waals surface area contributed by atoms with Crippen LogP contribution in [-0.2, 0) is 14.8 Å². The fourth-order valence-corrected chi connectivity index (χ4v) is 5.81. The molecule has 1 amide bonds. The smallest absolute Gasteiger partial charge is 0.252 e. The first-order valence-electron chi connectivity index (χ1n) is 8.69. The zero-order chi connectivity index (χ0) is 18.9. The number of rotatable bonds is 5. The molecule has 142 valence electrons. The lowest BCUT2D eigenvalue weighted by atomic mass is 9.99. The second-order valence-corrected chi connectivity index (χ2v) is 9.95. The lowest BCUT2D eigenvalue weighted by molar-refractivity contribution is -0.120. The second kappa shape index (κ2) is 7.50. The largest absolute Gasteiger partial charge is 0.311 e. The van der Waals surface area contributed by atoms with Crippen molar-refractivity contribution in [3.63, 3.8) is 0 Å². The van der Waals surface area contributed by atoms with Gasteiger partial charge < -0.3 is 5.32 Å². The van der Waals surface area contributed by atoms with Crippen LogP contribution in [0.2, 0.25) is 0 Å². The van der Waals surface area contributed by atoms with Crippen molar-refractivity contribution in [1.82, 2.24) is 14.1 Å². The third-order valence-electron chi connectivity index (χ3n) is 4.44. The molecule has 0 spiro atoms. The fraction of sp³-hybridized carbons (Fsp3) is 0.529. The molecule has 0 radical (unpaired) electrons. The highest BCUT2D eigenvalue weighted by atomic mass is 32.2. The van der Waals surface area contributed by atoms with Crippen molar-refractivity contribution in [2.45, 2.75) is 43.9 Å². The summed E-state index contributed by atoms with van der Waals surface area (Å²) in [4.78, 5) is 12.7. The van der Waals surface area contributed by atoms with Gasteiger partial charge in [-0.2, -0.15) is 9.40 Å². The van der Waals surface area contributed by atoms with E-state index in [-0.39, 0.29) is 24.4 Å². The van der Waals surface area contributed by atoms with Crippen LogP contribution in [-0.4, -0.2) is 41.5 Å². The summed E-state index contributed by atoms with van der Waals surface area (Å²) in [6.45, 7) is 6.54. The zero-order valence-electron chi connectivity index (χ0n) is 15.2. The average molecular weight is 397 g/mol. The molecule has 3 heterocycles. The molecule has 0 aromatic carbocycles. The van der Waals surface area contributed by atoms with E-state index in [1.165, 1.54) is 15.6 Å². The number of anilines is 1. The van der Waals surface area contributed by atoms with Crippen molar-refractivity contribution in [3.05, 3.63) is 29.3 Å². The number of thiophene rings is 1. The van der Waals surface area contributed by atoms with Gasteiger partial charge in [-0.15, -0.1) is 11.3 Å². The van der Waals surface area contributed by atoms with Crippen LogP contribution in [0.1, 0.15) is 38.4 Å². The van der Waals surface area contributed by atoms with E-state index < -0.39 is 10.0 Å². The molecular weight excluding hydrogens is 372 g/mol. The summed E-state index contributed by atoms with van der Waals surface area (Å²) >= 11 is 1.20. The van der Waals surface area contributed by atoms with Gasteiger partial charge in [-0.05, 0) is 45.1 Å². The average Bonchev–Trinajstić information content (AvgIpc) is 3.25. The van der Waals surface area contributed by atoms with Crippen LogP contribution in [0, 0.1) is 12.8 Å². The molecule has 2 aromatic rings. The minimum absolute atomic E-state index is 0.126. The fourth-order valence-electron chi connectivity index (χ4n) is 3.14. The van der Waals surface area contributed by atoms with Crippen LogP contribution in [0.5, 0.6) is 0 Å². The van der Waals surface area contributed by atoms with Crippen molar-refractivity contribution in [2.75, 3.05) is 18.4 Å². The number of amides is 1. The maximum absolute atomic E-state index is 12.7. The SMILES string of the molecule is Cc1cc(NC(=O)C2CCCN(S(=O)(=O)c3cccs3)C2)n(C(C)C)n1. The van der Waals surface area contributed by atoms with Gasteiger partial charge in [-0.3, -0.25) is 4.79 Å². The first kappa shape index (κ1) is 19.1. The van der Waals surface area contributed by atoms with E-state index in [1.807, 2.05) is 26.8 Å². The third-order valence-corrected chi connectivity index (χ3v) is 7.68. The molecule has 2 aromatic heterocycles. The normalized spacial score (nSPS) is 19.0. The number of carbonyl (C=O) groups excluding carboxylic acids is 1. The Labute approximate surface area is 158 Å². The van der Waals surface area contributed by atoms with E-state index in [4.69, 9.17) is 0 Å². The van der Waals surface area contributed by atoms with Crippen molar-refractivity contribution in [2.24, 2.45) is 5.92 Å². The molecule has 1 saturated heterocycles. The molecule has 1 atom stereocenters. The minimum Gasteiger partial charge on any atom is -0.311 e. The van der Waals surface area contributed by atoms with Crippen LogP contribution in [0.3, 0.4) is 0 Å². The number of piperidine rings is 1. The number of hydrogen-bond acceptors (Lipinski definition) is 5. The van der Waals surface area contributed by atoms with E-state index in [0.717, 1.165) is 5.69 Å². The Hall–Kier alpha value is -1.71. The van der Waals surface area contributed by atoms with Crippen molar-refractivity contribution < 1.29 is 13.2 Å². The first-order valence-corrected chi connectivity index (χ1v) is 11.0. The first-order chi connectivity index (χ1) is 12.3. The lowest BCUT2D eigenvalue weighted by Crippen LogP contribution is -2.43. The second-order valence-electron chi connectivity index (χ2n) is 6.83. The number of aromatic nitrogens is 2. The van der Waals surface area contributed by atoms with E-state index in [2.05, 4.69) is 10.4 Å². The summed E-state index contributed by atoms with van der Waals surface area (Å²) < 4.78 is 29.0. The van der Waals surface area contributed by atoms with Crippen molar-refractivity contribution >= 4 is 33.1 Å². The number of aryl methyl sites for hydroxylation is 1. The molecule has 1 N–H and O–H groups in total. The van der Waals surface area contributed by atoms with Crippen LogP contribution in [0.4, 0.5) is 5.82 Å². The predicted molar refractivity (Wildman–Crippen MR) is 102 cm³/mol. The van der Waals surface area contributed by atoms with Gasteiger partial charge >= 0.3 is 0 Å². The van der Waals surface area contributed by atoms with Crippen LogP contribution >= 0.6 is 11.3 Å². The van der Waals surface area contributed by atoms with E-state index in [1.54, 1.807) is 22.2 Å². The molecule has 26 heavy (non-hydrogen) atoms. The Kier molecular flexibility index (Phi) is 5.50. The number of sulfonamides is 1. The highest BCUT2D eigenvalue weighted by molar-refractivity contribution is 7.91. The van der Waals surface area contributed by atoms with Gasteiger partial charge in [0, 0.05) is 25.2 Å². The minimum atomic E-state index is -3.52. The molecule has 7 nitrogen and oxygen atoms in total. The van der Waals surface area contributed by atoms with Crippen molar-refractivity contribution in [1.29, 1.82) is 0 Å². The standard InChI is InChI=1S/C17H24N4O3S2/c1-12(2)21-15(10-13(3)19-21)18-17(22)14-6-4-8-20(11-14)26(23,24)16-7-5-9-25-16/h5,7,9-10,12,14H,4,6,8,11H2,1-3H3,(H,18,22). The molecule has 9 heteroatoms.